The molecule has 2 aliphatic rings. The molecule has 1 amide bonds. The van der Waals surface area contributed by atoms with Crippen molar-refractivity contribution in [2.75, 3.05) is 25.0 Å². The van der Waals surface area contributed by atoms with Gasteiger partial charge < -0.3 is 20.2 Å². The number of hydrogen-bond donors (Lipinski definition) is 3. The van der Waals surface area contributed by atoms with E-state index in [-0.39, 0.29) is 23.5 Å². The number of aromatic amines is 2. The molecule has 2 unspecified atom stereocenters. The van der Waals surface area contributed by atoms with Gasteiger partial charge in [0.05, 0.1) is 16.7 Å². The molecule has 214 valence electrons. The van der Waals surface area contributed by atoms with Crippen molar-refractivity contribution < 1.29 is 18.0 Å². The van der Waals surface area contributed by atoms with Crippen molar-refractivity contribution in [3.8, 4) is 11.4 Å². The number of fused-ring (bicyclic) bond motifs is 2. The lowest BCUT2D eigenvalue weighted by molar-refractivity contribution is 0.0756. The fourth-order valence-electron chi connectivity index (χ4n) is 5.99. The predicted molar refractivity (Wildman–Crippen MR) is 150 cm³/mol. The number of pyridine rings is 1. The number of rotatable bonds is 8. The van der Waals surface area contributed by atoms with Gasteiger partial charge in [0.2, 0.25) is 0 Å². The summed E-state index contributed by atoms with van der Waals surface area (Å²) in [6.07, 6.45) is 3.84. The number of hydrogen-bond acceptors (Lipinski definition) is 5. The summed E-state index contributed by atoms with van der Waals surface area (Å²) in [5.41, 5.74) is 2.91. The number of carbonyl (C=O) groups excluding carboxylic acids is 1. The highest BCUT2D eigenvalue weighted by Gasteiger charge is 2.30. The van der Waals surface area contributed by atoms with Gasteiger partial charge in [-0.05, 0) is 75.0 Å². The summed E-state index contributed by atoms with van der Waals surface area (Å²) >= 11 is 0. The molecule has 0 aliphatic carbocycles. The average Bonchev–Trinajstić information content (AvgIpc) is 3.61. The van der Waals surface area contributed by atoms with Crippen molar-refractivity contribution in [2.24, 2.45) is 0 Å². The Morgan fingerprint density at radius 1 is 1.15 bits per heavy atom. The van der Waals surface area contributed by atoms with Crippen molar-refractivity contribution in [1.82, 2.24) is 24.8 Å². The lowest BCUT2D eigenvalue weighted by Crippen LogP contribution is -2.36. The van der Waals surface area contributed by atoms with Gasteiger partial charge >= 0.3 is 0 Å². The fourth-order valence-corrected chi connectivity index (χ4v) is 5.99. The molecule has 4 aromatic rings. The minimum Gasteiger partial charge on any atom is -0.381 e. The van der Waals surface area contributed by atoms with Crippen LogP contribution in [0.5, 0.6) is 0 Å². The number of nitrogens with zero attached hydrogens (tertiary/aromatic N) is 3. The summed E-state index contributed by atoms with van der Waals surface area (Å²) in [7, 11) is 0. The highest BCUT2D eigenvalue weighted by Crippen LogP contribution is 2.31. The lowest BCUT2D eigenvalue weighted by Gasteiger charge is -2.24. The topological polar surface area (TPSA) is 97.1 Å². The number of aromatic nitrogens is 3. The van der Waals surface area contributed by atoms with Crippen LogP contribution < -0.4 is 10.9 Å². The van der Waals surface area contributed by atoms with Crippen LogP contribution in [0.1, 0.15) is 48.2 Å². The number of anilines is 1. The zero-order valence-electron chi connectivity index (χ0n) is 22.9. The molecule has 2 atom stereocenters. The average molecular weight is 565 g/mol. The Labute approximate surface area is 234 Å². The van der Waals surface area contributed by atoms with Gasteiger partial charge in [0, 0.05) is 49.5 Å². The van der Waals surface area contributed by atoms with Gasteiger partial charge in [0.25, 0.3) is 11.5 Å². The maximum Gasteiger partial charge on any atom is 0.261 e. The van der Waals surface area contributed by atoms with Crippen LogP contribution in [0.15, 0.2) is 41.3 Å². The third-order valence-electron chi connectivity index (χ3n) is 8.13. The van der Waals surface area contributed by atoms with Crippen LogP contribution in [0.4, 0.5) is 18.9 Å². The first-order chi connectivity index (χ1) is 19.7. The van der Waals surface area contributed by atoms with Crippen molar-refractivity contribution in [3.05, 3.63) is 81.0 Å². The number of nitrogens with one attached hydrogen (secondary N) is 3. The quantitative estimate of drug-likeness (QED) is 0.267. The first-order valence-electron chi connectivity index (χ1n) is 13.9. The van der Waals surface area contributed by atoms with Crippen molar-refractivity contribution >= 4 is 22.6 Å². The largest absolute Gasteiger partial charge is 0.381 e. The fraction of sp³-hybridized carbons (Fsp3) is 0.367. The van der Waals surface area contributed by atoms with Gasteiger partial charge in [0.1, 0.15) is 17.2 Å². The first-order valence-corrected chi connectivity index (χ1v) is 13.9. The standard InChI is InChI=1S/C30H31F3N6O2/c1-16(10-18-11-20(31)13-22(32)27(18)33)35-23-5-6-34-29(40)26(23)28-36-24-12-19-15-39(9-8-38-7-3-4-17(38)2)30(41)21(19)14-25(24)37-28/h5-6,11-14,16-17H,3-4,7-10,15H2,1-2H3,(H,36,37)(H2,34,35,40). The monoisotopic (exact) mass is 564 g/mol. The molecule has 2 aromatic carbocycles. The van der Waals surface area contributed by atoms with E-state index >= 15 is 0 Å². The number of benzene rings is 2. The van der Waals surface area contributed by atoms with Crippen molar-refractivity contribution in [3.63, 3.8) is 0 Å². The zero-order valence-corrected chi connectivity index (χ0v) is 22.9. The Bertz CT molecular complexity index is 1700. The molecule has 0 spiro atoms. The van der Waals surface area contributed by atoms with Crippen LogP contribution >= 0.6 is 0 Å². The third-order valence-corrected chi connectivity index (χ3v) is 8.13. The summed E-state index contributed by atoms with van der Waals surface area (Å²) in [5.74, 6) is -2.93. The minimum absolute atomic E-state index is 0.0190. The molecular weight excluding hydrogens is 533 g/mol. The van der Waals surface area contributed by atoms with Gasteiger partial charge in [-0.15, -0.1) is 0 Å². The molecule has 6 rings (SSSR count). The van der Waals surface area contributed by atoms with E-state index in [4.69, 9.17) is 0 Å². The minimum atomic E-state index is -1.25. The molecule has 8 nitrogen and oxygen atoms in total. The van der Waals surface area contributed by atoms with Gasteiger partial charge in [-0.3, -0.25) is 14.5 Å². The van der Waals surface area contributed by atoms with E-state index in [9.17, 15) is 22.8 Å². The number of likely N-dealkylation sites (tertiary alicyclic amines) is 1. The predicted octanol–water partition coefficient (Wildman–Crippen LogP) is 4.82. The van der Waals surface area contributed by atoms with Crippen LogP contribution in [-0.4, -0.2) is 62.4 Å². The lowest BCUT2D eigenvalue weighted by atomic mass is 10.1. The van der Waals surface area contributed by atoms with E-state index in [0.29, 0.717) is 53.3 Å². The smallest absolute Gasteiger partial charge is 0.261 e. The van der Waals surface area contributed by atoms with Gasteiger partial charge in [0.15, 0.2) is 11.6 Å². The van der Waals surface area contributed by atoms with Crippen LogP contribution in [-0.2, 0) is 13.0 Å². The Balaban J connectivity index is 1.23. The molecular formula is C30H31F3N6O2. The molecule has 1 saturated heterocycles. The first kappa shape index (κ1) is 27.1. The normalized spacial score (nSPS) is 17.9. The molecule has 41 heavy (non-hydrogen) atoms. The summed E-state index contributed by atoms with van der Waals surface area (Å²) in [4.78, 5) is 40.9. The van der Waals surface area contributed by atoms with E-state index < -0.39 is 29.1 Å². The number of H-pyrrole nitrogens is 2. The molecule has 0 saturated carbocycles. The van der Waals surface area contributed by atoms with Crippen LogP contribution in [0.2, 0.25) is 0 Å². The summed E-state index contributed by atoms with van der Waals surface area (Å²) in [6, 6.07) is 6.85. The highest BCUT2D eigenvalue weighted by atomic mass is 19.2. The summed E-state index contributed by atoms with van der Waals surface area (Å²) in [5, 5.41) is 3.15. The van der Waals surface area contributed by atoms with Crippen molar-refractivity contribution in [1.29, 1.82) is 0 Å². The Kier molecular flexibility index (Phi) is 7.06. The molecule has 1 fully saturated rings. The highest BCUT2D eigenvalue weighted by molar-refractivity contribution is 6.02. The third kappa shape index (κ3) is 5.21. The van der Waals surface area contributed by atoms with Gasteiger partial charge in [-0.1, -0.05) is 0 Å². The Morgan fingerprint density at radius 2 is 1.98 bits per heavy atom. The molecule has 2 aliphatic heterocycles. The molecule has 0 radical (unpaired) electrons. The number of amides is 1. The van der Waals surface area contributed by atoms with Gasteiger partial charge in [-0.2, -0.15) is 0 Å². The van der Waals surface area contributed by atoms with Crippen molar-refractivity contribution in [2.45, 2.75) is 51.7 Å². The van der Waals surface area contributed by atoms with E-state index in [0.717, 1.165) is 24.7 Å². The number of carbonyl (C=O) groups is 1. The molecule has 4 heterocycles. The second kappa shape index (κ2) is 10.7. The molecule has 0 bridgehead atoms. The number of imidazole rings is 1. The van der Waals surface area contributed by atoms with E-state index in [2.05, 4.69) is 32.1 Å². The van der Waals surface area contributed by atoms with E-state index in [1.165, 1.54) is 19.0 Å². The second-order valence-corrected chi connectivity index (χ2v) is 11.1. The maximum absolute atomic E-state index is 14.2. The Morgan fingerprint density at radius 3 is 2.76 bits per heavy atom. The molecule has 11 heteroatoms. The van der Waals surface area contributed by atoms with Crippen LogP contribution in [0, 0.1) is 17.5 Å². The number of halogens is 3. The maximum atomic E-state index is 14.2. The van der Waals surface area contributed by atoms with Crippen LogP contribution in [0.25, 0.3) is 22.4 Å². The summed E-state index contributed by atoms with van der Waals surface area (Å²) in [6.45, 7) is 7.06. The Hall–Kier alpha value is -4.12. The van der Waals surface area contributed by atoms with E-state index in [1.54, 1.807) is 19.1 Å². The van der Waals surface area contributed by atoms with Gasteiger partial charge in [-0.25, -0.2) is 18.2 Å². The van der Waals surface area contributed by atoms with E-state index in [1.807, 2.05) is 11.0 Å². The molecule has 3 N–H and O–H groups in total. The zero-order chi connectivity index (χ0) is 28.8. The SMILES string of the molecule is CC(Cc1cc(F)cc(F)c1F)Nc1cc[nH]c(=O)c1-c1nc2cc3c(cc2[nH]1)CN(CCN1CCCC1C)C3=O. The summed E-state index contributed by atoms with van der Waals surface area (Å²) < 4.78 is 41.6. The molecule has 2 aromatic heterocycles. The second-order valence-electron chi connectivity index (χ2n) is 11.1. The van der Waals surface area contributed by atoms with Crippen LogP contribution in [0.3, 0.4) is 0 Å².